The maximum absolute atomic E-state index is 5.11. The van der Waals surface area contributed by atoms with Gasteiger partial charge in [-0.3, -0.25) is 0 Å². The normalized spacial score (nSPS) is 11.3. The van der Waals surface area contributed by atoms with E-state index in [9.17, 15) is 0 Å². The van der Waals surface area contributed by atoms with E-state index in [4.69, 9.17) is 5.73 Å². The number of rotatable bonds is 1. The van der Waals surface area contributed by atoms with Gasteiger partial charge >= 0.3 is 0 Å². The molecule has 36 valence electrons. The van der Waals surface area contributed by atoms with Gasteiger partial charge in [0.25, 0.3) is 0 Å². The number of ether oxygens (including phenoxy) is 1. The third kappa shape index (κ3) is 1.64. The van der Waals surface area contributed by atoms with E-state index >= 15 is 0 Å². The highest BCUT2D eigenvalue weighted by molar-refractivity contribution is 4.80. The molecule has 0 aromatic rings. The quantitative estimate of drug-likeness (QED) is 0.471. The molecule has 0 rings (SSSR count). The summed E-state index contributed by atoms with van der Waals surface area (Å²) in [4.78, 5) is 0. The summed E-state index contributed by atoms with van der Waals surface area (Å²) in [5.41, 5.74) is 5.11. The first-order chi connectivity index (χ1) is 2.81. The Labute approximate surface area is 37.6 Å². The monoisotopic (exact) mass is 87.1 g/mol. The third-order valence-electron chi connectivity index (χ3n) is 0.520. The first-order valence-corrected chi connectivity index (χ1v) is 1.77. The van der Waals surface area contributed by atoms with Crippen molar-refractivity contribution in [2.24, 2.45) is 5.73 Å². The van der Waals surface area contributed by atoms with Gasteiger partial charge in [-0.25, -0.2) is 0 Å². The highest BCUT2D eigenvalue weighted by Crippen LogP contribution is 1.77. The number of hydrogen-bond donors (Lipinski definition) is 1. The molecule has 0 unspecified atom stereocenters. The number of allylic oxidation sites excluding steroid dienone is 1. The van der Waals surface area contributed by atoms with Crippen LogP contribution in [0.25, 0.3) is 0 Å². The van der Waals surface area contributed by atoms with Crippen molar-refractivity contribution in [3.63, 3.8) is 0 Å². The number of hydrogen-bond acceptors (Lipinski definition) is 2. The molecule has 6 heavy (non-hydrogen) atoms. The van der Waals surface area contributed by atoms with Gasteiger partial charge in [0.05, 0.1) is 7.11 Å². The Kier molecular flexibility index (Phi) is 2.29. The summed E-state index contributed by atoms with van der Waals surface area (Å²) in [7, 11) is 1.54. The molecular formula is C4H9NO. The molecule has 0 fully saturated rings. The maximum atomic E-state index is 5.11. The molecule has 0 radical (unpaired) electrons. The van der Waals surface area contributed by atoms with Gasteiger partial charge < -0.3 is 10.5 Å². The van der Waals surface area contributed by atoms with Gasteiger partial charge in [-0.05, 0) is 13.0 Å². The molecule has 0 aromatic carbocycles. The molecule has 2 N–H and O–H groups in total. The van der Waals surface area contributed by atoms with Gasteiger partial charge in [-0.2, -0.15) is 0 Å². The van der Waals surface area contributed by atoms with Gasteiger partial charge in [0, 0.05) is 0 Å². The molecule has 0 saturated carbocycles. The van der Waals surface area contributed by atoms with Crippen LogP contribution in [0.5, 0.6) is 0 Å². The van der Waals surface area contributed by atoms with E-state index in [1.807, 2.05) is 6.92 Å². The smallest absolute Gasteiger partial charge is 0.179 e. The second kappa shape index (κ2) is 2.57. The molecule has 0 saturated heterocycles. The van der Waals surface area contributed by atoms with Crippen LogP contribution in [0.1, 0.15) is 6.92 Å². The summed E-state index contributed by atoms with van der Waals surface area (Å²) in [6.45, 7) is 1.82. The van der Waals surface area contributed by atoms with Crippen LogP contribution < -0.4 is 5.73 Å². The Morgan fingerprint density at radius 1 is 1.83 bits per heavy atom. The Morgan fingerprint density at radius 2 is 2.33 bits per heavy atom. The molecule has 0 aliphatic carbocycles. The SMILES string of the molecule is CC=C(N)OC. The van der Waals surface area contributed by atoms with E-state index in [-0.39, 0.29) is 0 Å². The van der Waals surface area contributed by atoms with Gasteiger partial charge in [-0.1, -0.05) is 0 Å². The zero-order chi connectivity index (χ0) is 4.99. The van der Waals surface area contributed by atoms with Crippen molar-refractivity contribution in [1.29, 1.82) is 0 Å². The van der Waals surface area contributed by atoms with Crippen molar-refractivity contribution in [3.8, 4) is 0 Å². The van der Waals surface area contributed by atoms with Crippen molar-refractivity contribution < 1.29 is 4.74 Å². The molecule has 0 heterocycles. The van der Waals surface area contributed by atoms with Gasteiger partial charge in [0.2, 0.25) is 0 Å². The van der Waals surface area contributed by atoms with Gasteiger partial charge in [0.1, 0.15) is 0 Å². The average Bonchev–Trinajstić information content (AvgIpc) is 1.65. The molecule has 0 spiro atoms. The van der Waals surface area contributed by atoms with Crippen molar-refractivity contribution in [1.82, 2.24) is 0 Å². The highest BCUT2D eigenvalue weighted by Gasteiger charge is 1.72. The molecular weight excluding hydrogens is 78.0 g/mol. The predicted molar refractivity (Wildman–Crippen MR) is 25.0 cm³/mol. The Bertz CT molecular complexity index is 58.6. The summed E-state index contributed by atoms with van der Waals surface area (Å²) in [6.07, 6.45) is 1.69. The van der Waals surface area contributed by atoms with Crippen LogP contribution in [0.4, 0.5) is 0 Å². The van der Waals surface area contributed by atoms with Crippen molar-refractivity contribution in [3.05, 3.63) is 12.0 Å². The maximum Gasteiger partial charge on any atom is 0.179 e. The second-order valence-electron chi connectivity index (χ2n) is 0.895. The standard InChI is InChI=1S/C4H9NO/c1-3-4(5)6-2/h3H,5H2,1-2H3. The summed E-state index contributed by atoms with van der Waals surface area (Å²) in [5.74, 6) is 0.468. The molecule has 0 aromatic heterocycles. The molecule has 0 atom stereocenters. The second-order valence-corrected chi connectivity index (χ2v) is 0.895. The lowest BCUT2D eigenvalue weighted by Crippen LogP contribution is -1.96. The topological polar surface area (TPSA) is 35.2 Å². The van der Waals surface area contributed by atoms with Crippen LogP contribution in [0.2, 0.25) is 0 Å². The summed E-state index contributed by atoms with van der Waals surface area (Å²) < 4.78 is 4.54. The molecule has 2 nitrogen and oxygen atoms in total. The molecule has 2 heteroatoms. The minimum absolute atomic E-state index is 0.468. The lowest BCUT2D eigenvalue weighted by molar-refractivity contribution is 0.287. The average molecular weight is 87.1 g/mol. The van der Waals surface area contributed by atoms with Crippen LogP contribution in [-0.2, 0) is 4.74 Å². The Hall–Kier alpha value is -0.660. The predicted octanol–water partition coefficient (Wildman–Crippen LogP) is 0.453. The van der Waals surface area contributed by atoms with E-state index in [1.165, 1.54) is 7.11 Å². The van der Waals surface area contributed by atoms with Crippen LogP contribution in [0.15, 0.2) is 12.0 Å². The van der Waals surface area contributed by atoms with Crippen LogP contribution in [0, 0.1) is 0 Å². The van der Waals surface area contributed by atoms with Crippen LogP contribution in [0.3, 0.4) is 0 Å². The zero-order valence-electron chi connectivity index (χ0n) is 4.06. The Balaban J connectivity index is 3.22. The van der Waals surface area contributed by atoms with E-state index in [1.54, 1.807) is 6.08 Å². The third-order valence-corrected chi connectivity index (χ3v) is 0.520. The Morgan fingerprint density at radius 3 is 2.33 bits per heavy atom. The first-order valence-electron chi connectivity index (χ1n) is 1.77. The lowest BCUT2D eigenvalue weighted by Gasteiger charge is -1.91. The number of nitrogens with two attached hydrogens (primary N) is 1. The zero-order valence-corrected chi connectivity index (χ0v) is 4.06. The van der Waals surface area contributed by atoms with Crippen molar-refractivity contribution in [2.75, 3.05) is 7.11 Å². The van der Waals surface area contributed by atoms with E-state index in [0.29, 0.717) is 5.88 Å². The van der Waals surface area contributed by atoms with E-state index in [2.05, 4.69) is 4.74 Å². The van der Waals surface area contributed by atoms with Crippen molar-refractivity contribution in [2.45, 2.75) is 6.92 Å². The fraction of sp³-hybridized carbons (Fsp3) is 0.500. The summed E-state index contributed by atoms with van der Waals surface area (Å²) in [5, 5.41) is 0. The molecule has 0 aliphatic heterocycles. The largest absolute Gasteiger partial charge is 0.483 e. The van der Waals surface area contributed by atoms with E-state index in [0.717, 1.165) is 0 Å². The van der Waals surface area contributed by atoms with Gasteiger partial charge in [-0.15, -0.1) is 0 Å². The minimum Gasteiger partial charge on any atom is -0.483 e. The summed E-state index contributed by atoms with van der Waals surface area (Å²) in [6, 6.07) is 0. The summed E-state index contributed by atoms with van der Waals surface area (Å²) >= 11 is 0. The fourth-order valence-electron chi connectivity index (χ4n) is 0.118. The lowest BCUT2D eigenvalue weighted by atomic mass is 10.7. The highest BCUT2D eigenvalue weighted by atomic mass is 16.5. The fourth-order valence-corrected chi connectivity index (χ4v) is 0.118. The van der Waals surface area contributed by atoms with Crippen molar-refractivity contribution >= 4 is 0 Å². The minimum atomic E-state index is 0.468. The molecule has 0 amide bonds. The molecule has 0 bridgehead atoms. The van der Waals surface area contributed by atoms with E-state index < -0.39 is 0 Å². The van der Waals surface area contributed by atoms with Crippen LogP contribution >= 0.6 is 0 Å². The first kappa shape index (κ1) is 5.34. The molecule has 0 aliphatic rings. The van der Waals surface area contributed by atoms with Crippen LogP contribution in [-0.4, -0.2) is 7.11 Å². The number of methoxy groups -OCH3 is 1. The van der Waals surface area contributed by atoms with Gasteiger partial charge in [0.15, 0.2) is 5.88 Å².